The fourth-order valence-electron chi connectivity index (χ4n) is 2.72. The monoisotopic (exact) mass is 236 g/mol. The molecule has 1 aliphatic rings. The minimum Gasteiger partial charge on any atom is -0.385 e. The summed E-state index contributed by atoms with van der Waals surface area (Å²) in [5, 5.41) is 10.7. The summed E-state index contributed by atoms with van der Waals surface area (Å²) in [7, 11) is 0. The Labute approximate surface area is 103 Å². The van der Waals surface area contributed by atoms with E-state index in [4.69, 9.17) is 0 Å². The molecular weight excluding hydrogens is 215 g/mol. The van der Waals surface area contributed by atoms with Crippen LogP contribution in [-0.4, -0.2) is 5.11 Å². The molecule has 1 fully saturated rings. The van der Waals surface area contributed by atoms with Crippen LogP contribution in [-0.2, 0) is 5.60 Å². The van der Waals surface area contributed by atoms with E-state index in [2.05, 4.69) is 6.92 Å². The van der Waals surface area contributed by atoms with Gasteiger partial charge in [0, 0.05) is 0 Å². The Hall–Kier alpha value is -0.890. The van der Waals surface area contributed by atoms with E-state index in [0.717, 1.165) is 31.2 Å². The topological polar surface area (TPSA) is 20.2 Å². The fourth-order valence-corrected chi connectivity index (χ4v) is 2.72. The molecule has 17 heavy (non-hydrogen) atoms. The first kappa shape index (κ1) is 12.6. The molecule has 2 heteroatoms. The van der Waals surface area contributed by atoms with Gasteiger partial charge >= 0.3 is 0 Å². The van der Waals surface area contributed by atoms with E-state index in [-0.39, 0.29) is 5.82 Å². The van der Waals surface area contributed by atoms with Gasteiger partial charge in [0.2, 0.25) is 0 Å². The highest BCUT2D eigenvalue weighted by Gasteiger charge is 2.31. The van der Waals surface area contributed by atoms with Crippen LogP contribution in [0.2, 0.25) is 0 Å². The van der Waals surface area contributed by atoms with Gasteiger partial charge in [-0.15, -0.1) is 0 Å². The van der Waals surface area contributed by atoms with E-state index in [9.17, 15) is 9.50 Å². The molecular formula is C15H21FO. The van der Waals surface area contributed by atoms with Gasteiger partial charge < -0.3 is 5.11 Å². The predicted octanol–water partition coefficient (Wildman–Crippen LogP) is 3.92. The standard InChI is InChI=1S/C15H21FO/c1-11-4-3-8-15(17,9-7-11)13-5-6-14(16)12(2)10-13/h5-6,10-11,17H,3-4,7-9H2,1-2H3. The maximum absolute atomic E-state index is 13.3. The molecule has 0 spiro atoms. The lowest BCUT2D eigenvalue weighted by atomic mass is 9.85. The van der Waals surface area contributed by atoms with Crippen molar-refractivity contribution in [1.82, 2.24) is 0 Å². The number of aliphatic hydroxyl groups is 1. The lowest BCUT2D eigenvalue weighted by Gasteiger charge is -2.27. The zero-order chi connectivity index (χ0) is 12.5. The second kappa shape index (κ2) is 4.77. The Bertz CT molecular complexity index is 402. The van der Waals surface area contributed by atoms with Crippen molar-refractivity contribution >= 4 is 0 Å². The molecule has 2 unspecified atom stereocenters. The third-order valence-corrected chi connectivity index (χ3v) is 4.03. The van der Waals surface area contributed by atoms with Gasteiger partial charge in [-0.05, 0) is 55.7 Å². The van der Waals surface area contributed by atoms with E-state index < -0.39 is 5.60 Å². The molecule has 0 heterocycles. The minimum atomic E-state index is -0.747. The Kier molecular flexibility index (Phi) is 3.53. The number of hydrogen-bond acceptors (Lipinski definition) is 1. The molecule has 1 aliphatic carbocycles. The molecule has 94 valence electrons. The number of halogens is 1. The van der Waals surface area contributed by atoms with Crippen LogP contribution < -0.4 is 0 Å². The van der Waals surface area contributed by atoms with Crippen LogP contribution in [0.5, 0.6) is 0 Å². The number of aryl methyl sites for hydroxylation is 1. The number of hydrogen-bond donors (Lipinski definition) is 1. The zero-order valence-electron chi connectivity index (χ0n) is 10.7. The summed E-state index contributed by atoms with van der Waals surface area (Å²) >= 11 is 0. The van der Waals surface area contributed by atoms with Crippen LogP contribution >= 0.6 is 0 Å². The highest BCUT2D eigenvalue weighted by Crippen LogP contribution is 2.38. The molecule has 0 bridgehead atoms. The molecule has 1 N–H and O–H groups in total. The summed E-state index contributed by atoms with van der Waals surface area (Å²) < 4.78 is 13.3. The smallest absolute Gasteiger partial charge is 0.126 e. The van der Waals surface area contributed by atoms with Crippen LogP contribution in [0.25, 0.3) is 0 Å². The molecule has 1 nitrogen and oxygen atoms in total. The van der Waals surface area contributed by atoms with Crippen LogP contribution in [0.3, 0.4) is 0 Å². The van der Waals surface area contributed by atoms with Crippen molar-refractivity contribution in [2.45, 2.75) is 51.6 Å². The van der Waals surface area contributed by atoms with Gasteiger partial charge in [0.05, 0.1) is 5.60 Å². The van der Waals surface area contributed by atoms with Crippen molar-refractivity contribution in [1.29, 1.82) is 0 Å². The average molecular weight is 236 g/mol. The Balaban J connectivity index is 2.27. The normalized spacial score (nSPS) is 30.0. The van der Waals surface area contributed by atoms with E-state index in [0.29, 0.717) is 11.5 Å². The molecule has 2 atom stereocenters. The van der Waals surface area contributed by atoms with E-state index >= 15 is 0 Å². The van der Waals surface area contributed by atoms with E-state index in [1.54, 1.807) is 19.1 Å². The summed E-state index contributed by atoms with van der Waals surface area (Å²) in [6.45, 7) is 3.99. The van der Waals surface area contributed by atoms with Gasteiger partial charge in [0.1, 0.15) is 5.82 Å². The highest BCUT2D eigenvalue weighted by molar-refractivity contribution is 5.28. The fraction of sp³-hybridized carbons (Fsp3) is 0.600. The van der Waals surface area contributed by atoms with Crippen LogP contribution in [0.1, 0.15) is 50.2 Å². The maximum atomic E-state index is 13.3. The van der Waals surface area contributed by atoms with Gasteiger partial charge in [-0.2, -0.15) is 0 Å². The Morgan fingerprint density at radius 2 is 2.06 bits per heavy atom. The number of rotatable bonds is 1. The average Bonchev–Trinajstić information content (AvgIpc) is 2.46. The van der Waals surface area contributed by atoms with Crippen LogP contribution in [0, 0.1) is 18.7 Å². The van der Waals surface area contributed by atoms with Crippen LogP contribution in [0.15, 0.2) is 18.2 Å². The molecule has 0 saturated heterocycles. The number of benzene rings is 1. The Morgan fingerprint density at radius 3 is 2.76 bits per heavy atom. The Morgan fingerprint density at radius 1 is 1.29 bits per heavy atom. The molecule has 0 radical (unpaired) electrons. The lowest BCUT2D eigenvalue weighted by Crippen LogP contribution is -2.25. The van der Waals surface area contributed by atoms with Gasteiger partial charge in [-0.3, -0.25) is 0 Å². The molecule has 1 saturated carbocycles. The molecule has 0 aliphatic heterocycles. The third-order valence-electron chi connectivity index (χ3n) is 4.03. The lowest BCUT2D eigenvalue weighted by molar-refractivity contribution is 0.0197. The summed E-state index contributed by atoms with van der Waals surface area (Å²) in [6, 6.07) is 5.00. The molecule has 0 amide bonds. The maximum Gasteiger partial charge on any atom is 0.126 e. The quantitative estimate of drug-likeness (QED) is 0.733. The van der Waals surface area contributed by atoms with Crippen molar-refractivity contribution in [2.24, 2.45) is 5.92 Å². The summed E-state index contributed by atoms with van der Waals surface area (Å²) in [5.41, 5.74) is 0.752. The summed E-state index contributed by atoms with van der Waals surface area (Å²) in [5.74, 6) is 0.491. The second-order valence-corrected chi connectivity index (χ2v) is 5.53. The predicted molar refractivity (Wildman–Crippen MR) is 67.3 cm³/mol. The first-order valence-corrected chi connectivity index (χ1v) is 6.50. The van der Waals surface area contributed by atoms with Gasteiger partial charge in [0.25, 0.3) is 0 Å². The van der Waals surface area contributed by atoms with Gasteiger partial charge in [-0.1, -0.05) is 25.5 Å². The summed E-state index contributed by atoms with van der Waals surface area (Å²) in [6.07, 6.45) is 4.87. The SMILES string of the molecule is Cc1cc(C2(O)CCCC(C)CC2)ccc1F. The third kappa shape index (κ3) is 2.68. The van der Waals surface area contributed by atoms with Crippen LogP contribution in [0.4, 0.5) is 4.39 Å². The van der Waals surface area contributed by atoms with E-state index in [1.807, 2.05) is 0 Å². The van der Waals surface area contributed by atoms with Crippen molar-refractivity contribution < 1.29 is 9.50 Å². The minimum absolute atomic E-state index is 0.195. The first-order chi connectivity index (χ1) is 8.01. The van der Waals surface area contributed by atoms with Crippen molar-refractivity contribution in [3.05, 3.63) is 35.1 Å². The van der Waals surface area contributed by atoms with Crippen molar-refractivity contribution in [3.8, 4) is 0 Å². The summed E-state index contributed by atoms with van der Waals surface area (Å²) in [4.78, 5) is 0. The molecule has 2 rings (SSSR count). The molecule has 1 aromatic carbocycles. The highest BCUT2D eigenvalue weighted by atomic mass is 19.1. The largest absolute Gasteiger partial charge is 0.385 e. The van der Waals surface area contributed by atoms with Crippen molar-refractivity contribution in [2.75, 3.05) is 0 Å². The second-order valence-electron chi connectivity index (χ2n) is 5.53. The van der Waals surface area contributed by atoms with E-state index in [1.165, 1.54) is 12.5 Å². The first-order valence-electron chi connectivity index (χ1n) is 6.50. The van der Waals surface area contributed by atoms with Gasteiger partial charge in [-0.25, -0.2) is 4.39 Å². The molecule has 0 aromatic heterocycles. The van der Waals surface area contributed by atoms with Gasteiger partial charge in [0.15, 0.2) is 0 Å². The molecule has 1 aromatic rings. The van der Waals surface area contributed by atoms with Crippen molar-refractivity contribution in [3.63, 3.8) is 0 Å². The zero-order valence-corrected chi connectivity index (χ0v) is 10.7.